The number of ether oxygens (including phenoxy) is 1. The van der Waals surface area contributed by atoms with E-state index in [0.717, 1.165) is 23.7 Å². The van der Waals surface area contributed by atoms with Gasteiger partial charge in [-0.3, -0.25) is 0 Å². The predicted octanol–water partition coefficient (Wildman–Crippen LogP) is 1.87. The minimum Gasteiger partial charge on any atom is -0.494 e. The number of imidazole rings is 1. The Labute approximate surface area is 107 Å². The third-order valence-electron chi connectivity index (χ3n) is 2.83. The lowest BCUT2D eigenvalue weighted by Gasteiger charge is -2.05. The summed E-state index contributed by atoms with van der Waals surface area (Å²) in [7, 11) is 2.00. The van der Waals surface area contributed by atoms with Crippen LogP contribution >= 0.6 is 0 Å². The van der Waals surface area contributed by atoms with E-state index in [9.17, 15) is 0 Å². The number of rotatable bonds is 5. The van der Waals surface area contributed by atoms with Crippen molar-refractivity contribution in [3.8, 4) is 5.75 Å². The van der Waals surface area contributed by atoms with Gasteiger partial charge in [-0.25, -0.2) is 4.98 Å². The zero-order valence-electron chi connectivity index (χ0n) is 10.9. The fourth-order valence-electron chi connectivity index (χ4n) is 1.89. The van der Waals surface area contributed by atoms with Crippen molar-refractivity contribution in [3.63, 3.8) is 0 Å². The van der Waals surface area contributed by atoms with Crippen molar-refractivity contribution in [2.24, 2.45) is 12.8 Å². The van der Waals surface area contributed by atoms with Crippen LogP contribution in [0.4, 0.5) is 0 Å². The highest BCUT2D eigenvalue weighted by Crippen LogP contribution is 2.15. The molecule has 0 atom stereocenters. The summed E-state index contributed by atoms with van der Waals surface area (Å²) in [5, 5.41) is 0. The molecule has 0 amide bonds. The molecule has 0 fully saturated rings. The van der Waals surface area contributed by atoms with Gasteiger partial charge in [0.15, 0.2) is 0 Å². The van der Waals surface area contributed by atoms with Gasteiger partial charge in [-0.15, -0.1) is 0 Å². The van der Waals surface area contributed by atoms with Crippen molar-refractivity contribution in [1.29, 1.82) is 0 Å². The Bertz CT molecular complexity index is 502. The van der Waals surface area contributed by atoms with Gasteiger partial charge in [0.25, 0.3) is 0 Å². The first kappa shape index (κ1) is 12.6. The Kier molecular flexibility index (Phi) is 3.99. The molecule has 0 unspecified atom stereocenters. The fourth-order valence-corrected chi connectivity index (χ4v) is 1.89. The SMILES string of the molecule is CCOc1ccc(Cc2nc(CN)cn2C)cc1. The van der Waals surface area contributed by atoms with E-state index in [0.29, 0.717) is 13.2 Å². The molecule has 1 aromatic carbocycles. The molecule has 0 spiro atoms. The molecule has 2 N–H and O–H groups in total. The molecule has 0 saturated heterocycles. The maximum absolute atomic E-state index is 5.59. The Morgan fingerprint density at radius 1 is 1.28 bits per heavy atom. The number of nitrogens with zero attached hydrogens (tertiary/aromatic N) is 2. The van der Waals surface area contributed by atoms with Gasteiger partial charge >= 0.3 is 0 Å². The summed E-state index contributed by atoms with van der Waals surface area (Å²) in [5.74, 6) is 1.93. The molecule has 1 aromatic heterocycles. The zero-order valence-corrected chi connectivity index (χ0v) is 10.9. The zero-order chi connectivity index (χ0) is 13.0. The number of aromatic nitrogens is 2. The molecule has 4 nitrogen and oxygen atoms in total. The highest BCUT2D eigenvalue weighted by atomic mass is 16.5. The first-order valence-electron chi connectivity index (χ1n) is 6.16. The van der Waals surface area contributed by atoms with Crippen LogP contribution in [0.5, 0.6) is 5.75 Å². The number of aryl methyl sites for hydroxylation is 1. The molecular weight excluding hydrogens is 226 g/mol. The van der Waals surface area contributed by atoms with Crippen LogP contribution in [0.2, 0.25) is 0 Å². The largest absolute Gasteiger partial charge is 0.494 e. The molecule has 0 radical (unpaired) electrons. The molecule has 96 valence electrons. The minimum atomic E-state index is 0.483. The summed E-state index contributed by atoms with van der Waals surface area (Å²) in [5.41, 5.74) is 7.73. The topological polar surface area (TPSA) is 53.1 Å². The lowest BCUT2D eigenvalue weighted by molar-refractivity contribution is 0.340. The summed E-state index contributed by atoms with van der Waals surface area (Å²) in [6.07, 6.45) is 2.78. The van der Waals surface area contributed by atoms with Crippen LogP contribution in [0, 0.1) is 0 Å². The molecule has 0 aliphatic heterocycles. The summed E-state index contributed by atoms with van der Waals surface area (Å²) in [6, 6.07) is 8.13. The second-order valence-corrected chi connectivity index (χ2v) is 4.22. The van der Waals surface area contributed by atoms with Crippen molar-refractivity contribution >= 4 is 0 Å². The molecule has 0 aliphatic rings. The standard InChI is InChI=1S/C14H19N3O/c1-3-18-13-6-4-11(5-7-13)8-14-16-12(9-15)10-17(14)2/h4-7,10H,3,8-9,15H2,1-2H3. The molecule has 18 heavy (non-hydrogen) atoms. The van der Waals surface area contributed by atoms with Gasteiger partial charge in [-0.05, 0) is 24.6 Å². The molecule has 2 aromatic rings. The van der Waals surface area contributed by atoms with Gasteiger partial charge in [0.05, 0.1) is 12.3 Å². The monoisotopic (exact) mass is 245 g/mol. The maximum Gasteiger partial charge on any atom is 0.119 e. The third kappa shape index (κ3) is 2.90. The van der Waals surface area contributed by atoms with E-state index < -0.39 is 0 Å². The van der Waals surface area contributed by atoms with E-state index >= 15 is 0 Å². The van der Waals surface area contributed by atoms with Crippen molar-refractivity contribution in [2.75, 3.05) is 6.61 Å². The lowest BCUT2D eigenvalue weighted by Crippen LogP contribution is -1.99. The fraction of sp³-hybridized carbons (Fsp3) is 0.357. The second kappa shape index (κ2) is 5.69. The summed E-state index contributed by atoms with van der Waals surface area (Å²) < 4.78 is 7.45. The normalized spacial score (nSPS) is 10.6. The summed E-state index contributed by atoms with van der Waals surface area (Å²) in [6.45, 7) is 3.16. The average molecular weight is 245 g/mol. The Morgan fingerprint density at radius 2 is 2.00 bits per heavy atom. The average Bonchev–Trinajstić information content (AvgIpc) is 2.73. The third-order valence-corrected chi connectivity index (χ3v) is 2.83. The quantitative estimate of drug-likeness (QED) is 0.875. The van der Waals surface area contributed by atoms with Gasteiger partial charge in [-0.2, -0.15) is 0 Å². The van der Waals surface area contributed by atoms with Crippen molar-refractivity contribution in [2.45, 2.75) is 19.9 Å². The molecular formula is C14H19N3O. The van der Waals surface area contributed by atoms with Crippen molar-refractivity contribution < 1.29 is 4.74 Å². The lowest BCUT2D eigenvalue weighted by atomic mass is 10.1. The van der Waals surface area contributed by atoms with Crippen LogP contribution in [-0.4, -0.2) is 16.2 Å². The number of hydrogen-bond acceptors (Lipinski definition) is 3. The van der Waals surface area contributed by atoms with E-state index in [4.69, 9.17) is 10.5 Å². The van der Waals surface area contributed by atoms with Crippen LogP contribution in [0.3, 0.4) is 0 Å². The number of benzene rings is 1. The summed E-state index contributed by atoms with van der Waals surface area (Å²) >= 11 is 0. The van der Waals surface area contributed by atoms with Gasteiger partial charge in [-0.1, -0.05) is 12.1 Å². The van der Waals surface area contributed by atoms with Gasteiger partial charge in [0, 0.05) is 26.2 Å². The van der Waals surface area contributed by atoms with E-state index in [-0.39, 0.29) is 0 Å². The van der Waals surface area contributed by atoms with Crippen molar-refractivity contribution in [3.05, 3.63) is 47.5 Å². The van der Waals surface area contributed by atoms with Crippen LogP contribution < -0.4 is 10.5 Å². The molecule has 0 bridgehead atoms. The molecule has 2 rings (SSSR count). The van der Waals surface area contributed by atoms with E-state index in [2.05, 4.69) is 17.1 Å². The Hall–Kier alpha value is -1.81. The molecule has 0 aliphatic carbocycles. The molecule has 1 heterocycles. The van der Waals surface area contributed by atoms with Crippen LogP contribution in [0.15, 0.2) is 30.5 Å². The van der Waals surface area contributed by atoms with E-state index in [1.165, 1.54) is 5.56 Å². The first-order valence-corrected chi connectivity index (χ1v) is 6.16. The molecule has 0 saturated carbocycles. The maximum atomic E-state index is 5.59. The second-order valence-electron chi connectivity index (χ2n) is 4.22. The smallest absolute Gasteiger partial charge is 0.119 e. The van der Waals surface area contributed by atoms with Crippen molar-refractivity contribution in [1.82, 2.24) is 9.55 Å². The number of nitrogens with two attached hydrogens (primary N) is 1. The minimum absolute atomic E-state index is 0.483. The van der Waals surface area contributed by atoms with Crippen LogP contribution in [0.25, 0.3) is 0 Å². The van der Waals surface area contributed by atoms with E-state index in [1.807, 2.05) is 36.9 Å². The van der Waals surface area contributed by atoms with Crippen LogP contribution in [-0.2, 0) is 20.0 Å². The van der Waals surface area contributed by atoms with Gasteiger partial charge in [0.2, 0.25) is 0 Å². The Morgan fingerprint density at radius 3 is 2.56 bits per heavy atom. The van der Waals surface area contributed by atoms with Crippen LogP contribution in [0.1, 0.15) is 24.0 Å². The highest BCUT2D eigenvalue weighted by Gasteiger charge is 2.05. The number of hydrogen-bond donors (Lipinski definition) is 1. The van der Waals surface area contributed by atoms with Gasteiger partial charge in [0.1, 0.15) is 11.6 Å². The first-order chi connectivity index (χ1) is 8.72. The summed E-state index contributed by atoms with van der Waals surface area (Å²) in [4.78, 5) is 4.49. The molecule has 4 heteroatoms. The highest BCUT2D eigenvalue weighted by molar-refractivity contribution is 5.29. The van der Waals surface area contributed by atoms with E-state index in [1.54, 1.807) is 0 Å². The van der Waals surface area contributed by atoms with Gasteiger partial charge < -0.3 is 15.0 Å². The predicted molar refractivity (Wildman–Crippen MR) is 71.5 cm³/mol. The Balaban J connectivity index is 2.10.